The average molecular weight is 310 g/mol. The van der Waals surface area contributed by atoms with Gasteiger partial charge >= 0.3 is 17.8 Å². The molecule has 1 aromatic carbocycles. The fraction of sp³-hybridized carbons (Fsp3) is 0.400. The zero-order valence-electron chi connectivity index (χ0n) is 12.3. The molecular weight excluding hydrogens is 294 g/mol. The molecule has 1 heterocycles. The Morgan fingerprint density at radius 1 is 1.05 bits per heavy atom. The van der Waals surface area contributed by atoms with Crippen LogP contribution in [0.5, 0.6) is 0 Å². The van der Waals surface area contributed by atoms with Gasteiger partial charge in [-0.2, -0.15) is 0 Å². The van der Waals surface area contributed by atoms with E-state index in [0.717, 1.165) is 15.9 Å². The van der Waals surface area contributed by atoms with Crippen LogP contribution in [0.2, 0.25) is 0 Å². The Balaban J connectivity index is 2.10. The number of benzene rings is 1. The van der Waals surface area contributed by atoms with Crippen LogP contribution in [-0.2, 0) is 16.0 Å². The number of hydrogen-bond acceptors (Lipinski definition) is 3. The van der Waals surface area contributed by atoms with Crippen LogP contribution < -0.4 is 0 Å². The predicted molar refractivity (Wildman–Crippen MR) is 73.7 cm³/mol. The lowest BCUT2D eigenvalue weighted by atomic mass is 10.1. The number of nitrogens with zero attached hydrogens (tertiary/aromatic N) is 2. The van der Waals surface area contributed by atoms with Crippen LogP contribution in [0.15, 0.2) is 18.2 Å². The van der Waals surface area contributed by atoms with Crippen molar-refractivity contribution in [2.45, 2.75) is 20.3 Å². The third-order valence-electron chi connectivity index (χ3n) is 3.32. The van der Waals surface area contributed by atoms with E-state index in [0.29, 0.717) is 0 Å². The van der Waals surface area contributed by atoms with Crippen molar-refractivity contribution >= 4 is 17.8 Å². The maximum Gasteiger partial charge on any atom is 0.334 e. The second-order valence-corrected chi connectivity index (χ2v) is 5.51. The maximum atomic E-state index is 13.6. The van der Waals surface area contributed by atoms with Crippen LogP contribution in [0.1, 0.15) is 19.4 Å². The summed E-state index contributed by atoms with van der Waals surface area (Å²) in [6.07, 6.45) is -0.0517. The Labute approximate surface area is 126 Å². The molecule has 1 aromatic rings. The zero-order chi connectivity index (χ0) is 16.4. The Bertz CT molecular complexity index is 631. The molecule has 0 atom stereocenters. The van der Waals surface area contributed by atoms with Crippen LogP contribution in [0.3, 0.4) is 0 Å². The van der Waals surface area contributed by atoms with Gasteiger partial charge in [0, 0.05) is 13.1 Å². The zero-order valence-corrected chi connectivity index (χ0v) is 12.3. The van der Waals surface area contributed by atoms with Gasteiger partial charge in [0.1, 0.15) is 0 Å². The molecule has 2 rings (SSSR count). The number of carbonyl (C=O) groups is 3. The van der Waals surface area contributed by atoms with Gasteiger partial charge in [0.2, 0.25) is 0 Å². The number of halogens is 2. The highest BCUT2D eigenvalue weighted by Crippen LogP contribution is 2.17. The highest BCUT2D eigenvalue weighted by Gasteiger charge is 2.44. The van der Waals surface area contributed by atoms with Crippen molar-refractivity contribution in [2.75, 3.05) is 13.1 Å². The molecule has 7 heteroatoms. The van der Waals surface area contributed by atoms with E-state index >= 15 is 0 Å². The molecule has 1 fully saturated rings. The summed E-state index contributed by atoms with van der Waals surface area (Å²) >= 11 is 0. The van der Waals surface area contributed by atoms with Gasteiger partial charge in [-0.3, -0.25) is 19.4 Å². The van der Waals surface area contributed by atoms with Crippen LogP contribution in [0, 0.1) is 17.6 Å². The third-order valence-corrected chi connectivity index (χ3v) is 3.32. The predicted octanol–water partition coefficient (Wildman–Crippen LogP) is 1.95. The fourth-order valence-corrected chi connectivity index (χ4v) is 2.25. The van der Waals surface area contributed by atoms with Crippen LogP contribution in [-0.4, -0.2) is 40.7 Å². The molecule has 5 nitrogen and oxygen atoms in total. The van der Waals surface area contributed by atoms with Crippen molar-refractivity contribution in [3.63, 3.8) is 0 Å². The van der Waals surface area contributed by atoms with Gasteiger partial charge in [-0.05, 0) is 24.0 Å². The molecule has 0 saturated carbocycles. The molecule has 0 N–H and O–H groups in total. The molecule has 0 aromatic heterocycles. The summed E-state index contributed by atoms with van der Waals surface area (Å²) in [5, 5.41) is 0. The molecule has 0 radical (unpaired) electrons. The van der Waals surface area contributed by atoms with Crippen molar-refractivity contribution in [1.29, 1.82) is 0 Å². The summed E-state index contributed by atoms with van der Waals surface area (Å²) in [5.41, 5.74) is 0.0513. The van der Waals surface area contributed by atoms with Crippen LogP contribution in [0.4, 0.5) is 13.6 Å². The van der Waals surface area contributed by atoms with Crippen molar-refractivity contribution < 1.29 is 23.2 Å². The number of rotatable bonds is 5. The number of urea groups is 1. The summed E-state index contributed by atoms with van der Waals surface area (Å²) in [6, 6.07) is 2.99. The normalized spacial score (nSPS) is 15.4. The van der Waals surface area contributed by atoms with Gasteiger partial charge in [0.25, 0.3) is 0 Å². The monoisotopic (exact) mass is 310 g/mol. The first-order valence-corrected chi connectivity index (χ1v) is 6.93. The van der Waals surface area contributed by atoms with E-state index in [1.54, 1.807) is 0 Å². The number of amides is 4. The minimum Gasteiger partial charge on any atom is -0.263 e. The Morgan fingerprint density at radius 3 is 2.32 bits per heavy atom. The highest BCUT2D eigenvalue weighted by atomic mass is 19.2. The molecule has 4 amide bonds. The van der Waals surface area contributed by atoms with Crippen LogP contribution >= 0.6 is 0 Å². The number of imide groups is 2. The van der Waals surface area contributed by atoms with E-state index in [4.69, 9.17) is 0 Å². The highest BCUT2D eigenvalue weighted by molar-refractivity contribution is 6.44. The topological polar surface area (TPSA) is 57.7 Å². The minimum absolute atomic E-state index is 0.0290. The first-order valence-electron chi connectivity index (χ1n) is 6.93. The van der Waals surface area contributed by atoms with Crippen molar-refractivity contribution in [1.82, 2.24) is 9.80 Å². The smallest absolute Gasteiger partial charge is 0.263 e. The molecule has 1 aliphatic rings. The molecule has 22 heavy (non-hydrogen) atoms. The number of carbonyl (C=O) groups excluding carboxylic acids is 3. The first kappa shape index (κ1) is 16.1. The van der Waals surface area contributed by atoms with E-state index in [9.17, 15) is 23.2 Å². The average Bonchev–Trinajstić information content (AvgIpc) is 2.65. The van der Waals surface area contributed by atoms with E-state index in [1.807, 2.05) is 13.8 Å². The lowest BCUT2D eigenvalue weighted by Crippen LogP contribution is -2.36. The van der Waals surface area contributed by atoms with Crippen molar-refractivity contribution in [2.24, 2.45) is 5.92 Å². The largest absolute Gasteiger partial charge is 0.334 e. The van der Waals surface area contributed by atoms with Gasteiger partial charge in [-0.15, -0.1) is 0 Å². The van der Waals surface area contributed by atoms with Crippen molar-refractivity contribution in [3.8, 4) is 0 Å². The van der Waals surface area contributed by atoms with E-state index < -0.39 is 29.5 Å². The molecule has 1 aliphatic heterocycles. The summed E-state index contributed by atoms with van der Waals surface area (Å²) < 4.78 is 26.7. The molecule has 0 spiro atoms. The van der Waals surface area contributed by atoms with Crippen LogP contribution in [0.25, 0.3) is 0 Å². The van der Waals surface area contributed by atoms with Gasteiger partial charge < -0.3 is 0 Å². The molecule has 0 unspecified atom stereocenters. The Kier molecular flexibility index (Phi) is 4.54. The summed E-state index contributed by atoms with van der Waals surface area (Å²) in [6.45, 7) is 3.61. The Morgan fingerprint density at radius 2 is 1.68 bits per heavy atom. The first-order chi connectivity index (χ1) is 10.3. The second-order valence-electron chi connectivity index (χ2n) is 5.51. The maximum absolute atomic E-state index is 13.6. The van der Waals surface area contributed by atoms with E-state index in [1.165, 1.54) is 12.1 Å². The van der Waals surface area contributed by atoms with Gasteiger partial charge in [-0.1, -0.05) is 26.0 Å². The molecule has 0 bridgehead atoms. The molecule has 118 valence electrons. The SMILES string of the molecule is CC(C)CN1C(=O)C(=O)N(CCc2cccc(F)c2F)C1=O. The summed E-state index contributed by atoms with van der Waals surface area (Å²) in [4.78, 5) is 37.3. The number of hydrogen-bond donors (Lipinski definition) is 0. The van der Waals surface area contributed by atoms with E-state index in [2.05, 4.69) is 0 Å². The van der Waals surface area contributed by atoms with Gasteiger partial charge in [0.15, 0.2) is 11.6 Å². The molecule has 0 aliphatic carbocycles. The lowest BCUT2D eigenvalue weighted by molar-refractivity contribution is -0.143. The Hall–Kier alpha value is -2.31. The standard InChI is InChI=1S/C15H16F2N2O3/c1-9(2)8-19-14(21)13(20)18(15(19)22)7-6-10-4-3-5-11(16)12(10)17/h3-5,9H,6-8H2,1-2H3. The fourth-order valence-electron chi connectivity index (χ4n) is 2.25. The lowest BCUT2D eigenvalue weighted by Gasteiger charge is -2.17. The van der Waals surface area contributed by atoms with Gasteiger partial charge in [0.05, 0.1) is 0 Å². The van der Waals surface area contributed by atoms with Crippen molar-refractivity contribution in [3.05, 3.63) is 35.4 Å². The molecule has 1 saturated heterocycles. The quantitative estimate of drug-likeness (QED) is 0.617. The third kappa shape index (κ3) is 2.98. The summed E-state index contributed by atoms with van der Waals surface area (Å²) in [5.74, 6) is -3.77. The van der Waals surface area contributed by atoms with E-state index in [-0.39, 0.29) is 31.0 Å². The van der Waals surface area contributed by atoms with Gasteiger partial charge in [-0.25, -0.2) is 13.6 Å². The second kappa shape index (κ2) is 6.21. The molecular formula is C15H16F2N2O3. The summed E-state index contributed by atoms with van der Waals surface area (Å²) in [7, 11) is 0. The minimum atomic E-state index is -1.01.